The SMILES string of the molecule is CCOC(=O)c1cnc(N=Nc2ccc(N(C)C)cc2S(=O)(=O)O)[nH]1. The maximum Gasteiger partial charge on any atom is 0.356 e. The largest absolute Gasteiger partial charge is 0.461 e. The minimum absolute atomic E-state index is 0.0129. The first-order valence-corrected chi connectivity index (χ1v) is 8.59. The first-order valence-electron chi connectivity index (χ1n) is 7.15. The molecule has 0 amide bonds. The third-order valence-electron chi connectivity index (χ3n) is 3.05. The van der Waals surface area contributed by atoms with Crippen molar-refractivity contribution >= 4 is 33.4 Å². The van der Waals surface area contributed by atoms with Crippen LogP contribution < -0.4 is 4.90 Å². The van der Waals surface area contributed by atoms with E-state index < -0.39 is 16.1 Å². The number of hydrogen-bond donors (Lipinski definition) is 2. The molecule has 0 aliphatic rings. The Morgan fingerprint density at radius 3 is 2.68 bits per heavy atom. The second kappa shape index (κ2) is 7.40. The summed E-state index contributed by atoms with van der Waals surface area (Å²) < 4.78 is 37.3. The fourth-order valence-electron chi connectivity index (χ4n) is 1.85. The van der Waals surface area contributed by atoms with Gasteiger partial charge in [0.05, 0.1) is 12.8 Å². The van der Waals surface area contributed by atoms with Crippen LogP contribution in [-0.2, 0) is 14.9 Å². The van der Waals surface area contributed by atoms with Crippen molar-refractivity contribution in [2.24, 2.45) is 10.2 Å². The molecule has 0 spiro atoms. The van der Waals surface area contributed by atoms with Crippen molar-refractivity contribution in [2.45, 2.75) is 11.8 Å². The smallest absolute Gasteiger partial charge is 0.356 e. The molecule has 0 fully saturated rings. The van der Waals surface area contributed by atoms with Gasteiger partial charge >= 0.3 is 5.97 Å². The Morgan fingerprint density at radius 2 is 2.08 bits per heavy atom. The van der Waals surface area contributed by atoms with Crippen molar-refractivity contribution in [3.05, 3.63) is 30.1 Å². The average molecular weight is 367 g/mol. The third kappa shape index (κ3) is 4.61. The monoisotopic (exact) mass is 367 g/mol. The number of azo groups is 1. The molecule has 1 aromatic carbocycles. The van der Waals surface area contributed by atoms with Gasteiger partial charge in [-0.25, -0.2) is 9.78 Å². The lowest BCUT2D eigenvalue weighted by molar-refractivity contribution is 0.0520. The number of aromatic nitrogens is 2. The van der Waals surface area contributed by atoms with Crippen LogP contribution in [0.25, 0.3) is 0 Å². The number of carbonyl (C=O) groups excluding carboxylic acids is 1. The fourth-order valence-corrected chi connectivity index (χ4v) is 2.49. The Bertz CT molecular complexity index is 904. The molecule has 0 saturated carbocycles. The molecule has 2 rings (SSSR count). The number of imidazole rings is 1. The van der Waals surface area contributed by atoms with E-state index in [1.165, 1.54) is 18.3 Å². The van der Waals surface area contributed by atoms with Crippen molar-refractivity contribution < 1.29 is 22.5 Å². The van der Waals surface area contributed by atoms with Gasteiger partial charge in [-0.15, -0.1) is 10.2 Å². The Kier molecular flexibility index (Phi) is 5.49. The summed E-state index contributed by atoms with van der Waals surface area (Å²) >= 11 is 0. The van der Waals surface area contributed by atoms with Crippen LogP contribution in [-0.4, -0.2) is 49.6 Å². The van der Waals surface area contributed by atoms with Crippen LogP contribution in [0.3, 0.4) is 0 Å². The summed E-state index contributed by atoms with van der Waals surface area (Å²) in [7, 11) is -1.04. The highest BCUT2D eigenvalue weighted by Crippen LogP contribution is 2.29. The van der Waals surface area contributed by atoms with E-state index in [1.54, 1.807) is 32.0 Å². The molecule has 2 N–H and O–H groups in total. The van der Waals surface area contributed by atoms with E-state index in [4.69, 9.17) is 4.74 Å². The summed E-state index contributed by atoms with van der Waals surface area (Å²) in [6.45, 7) is 1.88. The number of benzene rings is 1. The van der Waals surface area contributed by atoms with Gasteiger partial charge in [0.2, 0.25) is 5.95 Å². The number of hydrogen-bond acceptors (Lipinski definition) is 8. The average Bonchev–Trinajstić information content (AvgIpc) is 3.01. The number of H-pyrrole nitrogens is 1. The summed E-state index contributed by atoms with van der Waals surface area (Å²) in [6.07, 6.45) is 1.23. The summed E-state index contributed by atoms with van der Waals surface area (Å²) in [6, 6.07) is 4.29. The third-order valence-corrected chi connectivity index (χ3v) is 3.93. The molecule has 11 heteroatoms. The second-order valence-corrected chi connectivity index (χ2v) is 6.45. The standard InChI is InChI=1S/C14H17N5O5S/c1-4-24-13(20)11-8-15-14(16-11)18-17-10-6-5-9(19(2)3)7-12(10)25(21,22)23/h5-8H,4H2,1-3H3,(H,15,16)(H,21,22,23). The summed E-state index contributed by atoms with van der Waals surface area (Å²) in [5.41, 5.74) is 0.588. The van der Waals surface area contributed by atoms with Gasteiger partial charge in [0, 0.05) is 19.8 Å². The maximum atomic E-state index is 11.6. The Balaban J connectivity index is 2.33. The van der Waals surface area contributed by atoms with Gasteiger partial charge < -0.3 is 14.6 Å². The maximum absolute atomic E-state index is 11.6. The molecule has 0 unspecified atom stereocenters. The highest BCUT2D eigenvalue weighted by molar-refractivity contribution is 7.86. The Labute approximate surface area is 144 Å². The van der Waals surface area contributed by atoms with Gasteiger partial charge in [-0.05, 0) is 25.1 Å². The minimum atomic E-state index is -4.49. The van der Waals surface area contributed by atoms with Gasteiger partial charge in [-0.1, -0.05) is 0 Å². The van der Waals surface area contributed by atoms with E-state index in [1.807, 2.05) is 0 Å². The first-order chi connectivity index (χ1) is 11.7. The Hall–Kier alpha value is -2.79. The van der Waals surface area contributed by atoms with Gasteiger partial charge in [0.1, 0.15) is 16.3 Å². The van der Waals surface area contributed by atoms with Crippen molar-refractivity contribution in [3.63, 3.8) is 0 Å². The zero-order valence-corrected chi connectivity index (χ0v) is 14.6. The number of carbonyl (C=O) groups is 1. The molecule has 0 aliphatic carbocycles. The molecule has 0 atom stereocenters. The number of esters is 1. The van der Waals surface area contributed by atoms with Crippen LogP contribution in [0.2, 0.25) is 0 Å². The molecule has 1 aromatic heterocycles. The molecular formula is C14H17N5O5S. The van der Waals surface area contributed by atoms with Crippen LogP contribution in [0.1, 0.15) is 17.4 Å². The number of ether oxygens (including phenoxy) is 1. The van der Waals surface area contributed by atoms with Crippen LogP contribution in [0.15, 0.2) is 39.5 Å². The molecule has 25 heavy (non-hydrogen) atoms. The van der Waals surface area contributed by atoms with Crippen LogP contribution >= 0.6 is 0 Å². The summed E-state index contributed by atoms with van der Waals surface area (Å²) in [5, 5.41) is 7.53. The molecule has 0 aliphatic heterocycles. The predicted octanol–water partition coefficient (Wildman–Crippen LogP) is 2.31. The number of aromatic amines is 1. The normalized spacial score (nSPS) is 11.7. The zero-order valence-electron chi connectivity index (χ0n) is 13.8. The molecule has 0 saturated heterocycles. The molecular weight excluding hydrogens is 350 g/mol. The summed E-state index contributed by atoms with van der Waals surface area (Å²) in [5.74, 6) is -0.605. The van der Waals surface area contributed by atoms with E-state index in [9.17, 15) is 17.8 Å². The topological polar surface area (TPSA) is 137 Å². The Morgan fingerprint density at radius 1 is 1.36 bits per heavy atom. The van der Waals surface area contributed by atoms with Crippen molar-refractivity contribution in [1.29, 1.82) is 0 Å². The molecule has 10 nitrogen and oxygen atoms in total. The van der Waals surface area contributed by atoms with Crippen LogP contribution in [0, 0.1) is 0 Å². The lowest BCUT2D eigenvalue weighted by Gasteiger charge is -2.13. The quantitative estimate of drug-likeness (QED) is 0.454. The zero-order chi connectivity index (χ0) is 18.6. The number of anilines is 1. The minimum Gasteiger partial charge on any atom is -0.461 e. The highest BCUT2D eigenvalue weighted by Gasteiger charge is 2.17. The van der Waals surface area contributed by atoms with E-state index in [0.29, 0.717) is 5.69 Å². The van der Waals surface area contributed by atoms with Crippen molar-refractivity contribution in [3.8, 4) is 0 Å². The van der Waals surface area contributed by atoms with E-state index >= 15 is 0 Å². The van der Waals surface area contributed by atoms with Crippen molar-refractivity contribution in [1.82, 2.24) is 9.97 Å². The van der Waals surface area contributed by atoms with Crippen LogP contribution in [0.4, 0.5) is 17.3 Å². The molecule has 1 heterocycles. The number of nitrogens with zero attached hydrogens (tertiary/aromatic N) is 4. The van der Waals surface area contributed by atoms with E-state index in [0.717, 1.165) is 0 Å². The lowest BCUT2D eigenvalue weighted by atomic mass is 10.3. The first kappa shape index (κ1) is 18.5. The number of rotatable bonds is 6. The van der Waals surface area contributed by atoms with Gasteiger partial charge in [0.25, 0.3) is 10.1 Å². The molecule has 0 bridgehead atoms. The van der Waals surface area contributed by atoms with Gasteiger partial charge in [-0.3, -0.25) is 4.55 Å². The fraction of sp³-hybridized carbons (Fsp3) is 0.286. The van der Waals surface area contributed by atoms with Gasteiger partial charge in [0.15, 0.2) is 0 Å². The van der Waals surface area contributed by atoms with Crippen LogP contribution in [0.5, 0.6) is 0 Å². The van der Waals surface area contributed by atoms with E-state index in [-0.39, 0.29) is 28.8 Å². The molecule has 0 radical (unpaired) electrons. The predicted molar refractivity (Wildman–Crippen MR) is 89.3 cm³/mol. The van der Waals surface area contributed by atoms with E-state index in [2.05, 4.69) is 20.2 Å². The van der Waals surface area contributed by atoms with Gasteiger partial charge in [-0.2, -0.15) is 8.42 Å². The second-order valence-electron chi connectivity index (χ2n) is 5.06. The molecule has 134 valence electrons. The lowest BCUT2D eigenvalue weighted by Crippen LogP contribution is -2.09. The summed E-state index contributed by atoms with van der Waals surface area (Å²) in [4.78, 5) is 19.2. The highest BCUT2D eigenvalue weighted by atomic mass is 32.2. The van der Waals surface area contributed by atoms with Crippen molar-refractivity contribution in [2.75, 3.05) is 25.6 Å². The molecule has 2 aromatic rings. The number of nitrogens with one attached hydrogen (secondary N) is 1.